The minimum atomic E-state index is -3.47. The van der Waals surface area contributed by atoms with Crippen LogP contribution in [0.5, 0.6) is 0 Å². The van der Waals surface area contributed by atoms with E-state index in [1.165, 1.54) is 4.31 Å². The average molecular weight is 259 g/mol. The average Bonchev–Trinajstić information content (AvgIpc) is 2.59. The molecule has 0 aliphatic carbocycles. The summed E-state index contributed by atoms with van der Waals surface area (Å²) in [5.74, 6) is 0. The smallest absolute Gasteiger partial charge is 0.247 e. The molecule has 1 atom stereocenters. The Morgan fingerprint density at radius 2 is 2.18 bits per heavy atom. The summed E-state index contributed by atoms with van der Waals surface area (Å²) in [5.41, 5.74) is 1.10. The number of aromatic nitrogens is 2. The lowest BCUT2D eigenvalue weighted by Gasteiger charge is -2.32. The van der Waals surface area contributed by atoms with Gasteiger partial charge in [-0.2, -0.15) is 9.40 Å². The van der Waals surface area contributed by atoms with E-state index in [9.17, 15) is 8.42 Å². The van der Waals surface area contributed by atoms with E-state index in [1.54, 1.807) is 13.8 Å². The van der Waals surface area contributed by atoms with E-state index in [4.69, 9.17) is 4.74 Å². The molecule has 0 bridgehead atoms. The quantitative estimate of drug-likeness (QED) is 0.836. The topological polar surface area (TPSA) is 75.3 Å². The molecule has 2 heterocycles. The van der Waals surface area contributed by atoms with Gasteiger partial charge in [-0.3, -0.25) is 5.10 Å². The molecule has 0 saturated carbocycles. The van der Waals surface area contributed by atoms with Gasteiger partial charge in [0.1, 0.15) is 4.90 Å². The molecule has 17 heavy (non-hydrogen) atoms. The molecule has 1 N–H and O–H groups in total. The number of sulfonamides is 1. The maximum Gasteiger partial charge on any atom is 0.247 e. The van der Waals surface area contributed by atoms with Crippen LogP contribution in [0.4, 0.5) is 0 Å². The molecule has 1 fully saturated rings. The van der Waals surface area contributed by atoms with Gasteiger partial charge in [0.15, 0.2) is 0 Å². The second-order valence-corrected chi connectivity index (χ2v) is 6.13. The number of ether oxygens (including phenoxy) is 1. The Kier molecular flexibility index (Phi) is 3.24. The standard InChI is InChI=1S/C10H17N3O3S/c1-7-6-16-5-4-13(7)17(14,15)10-8(2)11-12-9(10)3/h7H,4-6H2,1-3H3,(H,11,12)/t7-/m1/s1. The van der Waals surface area contributed by atoms with Crippen molar-refractivity contribution in [1.29, 1.82) is 0 Å². The highest BCUT2D eigenvalue weighted by atomic mass is 32.2. The second kappa shape index (κ2) is 4.40. The van der Waals surface area contributed by atoms with Crippen LogP contribution in [-0.2, 0) is 14.8 Å². The van der Waals surface area contributed by atoms with Crippen LogP contribution >= 0.6 is 0 Å². The summed E-state index contributed by atoms with van der Waals surface area (Å²) in [6.45, 7) is 6.54. The Hall–Kier alpha value is -0.920. The first-order chi connectivity index (χ1) is 7.94. The number of H-pyrrole nitrogens is 1. The molecular formula is C10H17N3O3S. The van der Waals surface area contributed by atoms with E-state index in [1.807, 2.05) is 6.92 Å². The Labute approximate surface area is 101 Å². The fourth-order valence-corrected chi connectivity index (χ4v) is 4.04. The predicted octanol–water partition coefficient (Wildman–Crippen LogP) is 0.436. The normalized spacial score (nSPS) is 22.9. The van der Waals surface area contributed by atoms with Crippen molar-refractivity contribution in [3.8, 4) is 0 Å². The van der Waals surface area contributed by atoms with Crippen molar-refractivity contribution in [2.24, 2.45) is 0 Å². The van der Waals surface area contributed by atoms with Gasteiger partial charge in [-0.1, -0.05) is 0 Å². The van der Waals surface area contributed by atoms with Crippen molar-refractivity contribution >= 4 is 10.0 Å². The molecule has 0 amide bonds. The molecule has 0 radical (unpaired) electrons. The number of hydrogen-bond donors (Lipinski definition) is 1. The molecular weight excluding hydrogens is 242 g/mol. The lowest BCUT2D eigenvalue weighted by atomic mass is 10.3. The highest BCUT2D eigenvalue weighted by molar-refractivity contribution is 7.89. The van der Waals surface area contributed by atoms with Crippen LogP contribution in [0.2, 0.25) is 0 Å². The molecule has 96 valence electrons. The highest BCUT2D eigenvalue weighted by Crippen LogP contribution is 2.24. The first-order valence-electron chi connectivity index (χ1n) is 5.55. The number of nitrogens with zero attached hydrogens (tertiary/aromatic N) is 2. The van der Waals surface area contributed by atoms with Gasteiger partial charge in [-0.25, -0.2) is 8.42 Å². The predicted molar refractivity (Wildman–Crippen MR) is 62.2 cm³/mol. The van der Waals surface area contributed by atoms with Gasteiger partial charge in [0.2, 0.25) is 10.0 Å². The van der Waals surface area contributed by atoms with Gasteiger partial charge >= 0.3 is 0 Å². The van der Waals surface area contributed by atoms with E-state index in [-0.39, 0.29) is 6.04 Å². The number of morpholine rings is 1. The van der Waals surface area contributed by atoms with E-state index in [0.29, 0.717) is 36.0 Å². The largest absolute Gasteiger partial charge is 0.378 e. The molecule has 1 aromatic heterocycles. The minimum absolute atomic E-state index is 0.137. The van der Waals surface area contributed by atoms with E-state index in [0.717, 1.165) is 0 Å². The maximum atomic E-state index is 12.5. The summed E-state index contributed by atoms with van der Waals surface area (Å²) in [6.07, 6.45) is 0. The number of aryl methyl sites for hydroxylation is 2. The van der Waals surface area contributed by atoms with Crippen molar-refractivity contribution in [1.82, 2.24) is 14.5 Å². The monoisotopic (exact) mass is 259 g/mol. The van der Waals surface area contributed by atoms with Gasteiger partial charge in [-0.15, -0.1) is 0 Å². The molecule has 7 heteroatoms. The molecule has 0 unspecified atom stereocenters. The lowest BCUT2D eigenvalue weighted by molar-refractivity contribution is 0.0392. The fourth-order valence-electron chi connectivity index (χ4n) is 2.11. The van der Waals surface area contributed by atoms with Crippen LogP contribution in [-0.4, -0.2) is 48.7 Å². The van der Waals surface area contributed by atoms with Crippen LogP contribution in [0.3, 0.4) is 0 Å². The molecule has 1 aromatic rings. The van der Waals surface area contributed by atoms with Gasteiger partial charge in [-0.05, 0) is 20.8 Å². The second-order valence-electron chi connectivity index (χ2n) is 4.30. The first kappa shape index (κ1) is 12.5. The SMILES string of the molecule is Cc1n[nH]c(C)c1S(=O)(=O)N1CCOC[C@H]1C. The third-order valence-electron chi connectivity index (χ3n) is 2.93. The Bertz CT molecular complexity index is 489. The van der Waals surface area contributed by atoms with Crippen LogP contribution in [0.1, 0.15) is 18.3 Å². The van der Waals surface area contributed by atoms with Crippen molar-refractivity contribution in [3.05, 3.63) is 11.4 Å². The summed E-state index contributed by atoms with van der Waals surface area (Å²) in [6, 6.07) is -0.137. The molecule has 0 spiro atoms. The van der Waals surface area contributed by atoms with Crippen molar-refractivity contribution in [2.45, 2.75) is 31.7 Å². The van der Waals surface area contributed by atoms with Crippen LogP contribution in [0, 0.1) is 13.8 Å². The molecule has 1 saturated heterocycles. The number of aromatic amines is 1. The maximum absolute atomic E-state index is 12.5. The third-order valence-corrected chi connectivity index (χ3v) is 5.21. The summed E-state index contributed by atoms with van der Waals surface area (Å²) in [5, 5.41) is 6.65. The number of hydrogen-bond acceptors (Lipinski definition) is 4. The Balaban J connectivity index is 2.42. The van der Waals surface area contributed by atoms with Gasteiger partial charge < -0.3 is 4.74 Å². The van der Waals surface area contributed by atoms with E-state index in [2.05, 4.69) is 10.2 Å². The van der Waals surface area contributed by atoms with Gasteiger partial charge in [0, 0.05) is 12.6 Å². The summed E-state index contributed by atoms with van der Waals surface area (Å²) >= 11 is 0. The number of nitrogens with one attached hydrogen (secondary N) is 1. The molecule has 0 aromatic carbocycles. The minimum Gasteiger partial charge on any atom is -0.378 e. The van der Waals surface area contributed by atoms with Crippen LogP contribution < -0.4 is 0 Å². The van der Waals surface area contributed by atoms with Crippen LogP contribution in [0.15, 0.2) is 4.90 Å². The highest BCUT2D eigenvalue weighted by Gasteiger charge is 2.34. The third kappa shape index (κ3) is 2.10. The van der Waals surface area contributed by atoms with Crippen LogP contribution in [0.25, 0.3) is 0 Å². The van der Waals surface area contributed by atoms with E-state index < -0.39 is 10.0 Å². The zero-order valence-corrected chi connectivity index (χ0v) is 11.0. The Morgan fingerprint density at radius 1 is 1.47 bits per heavy atom. The Morgan fingerprint density at radius 3 is 2.71 bits per heavy atom. The number of rotatable bonds is 2. The molecule has 2 rings (SSSR count). The molecule has 1 aliphatic rings. The summed E-state index contributed by atoms with van der Waals surface area (Å²) in [4.78, 5) is 0.297. The summed E-state index contributed by atoms with van der Waals surface area (Å²) < 4.78 is 31.8. The molecule has 6 nitrogen and oxygen atoms in total. The van der Waals surface area contributed by atoms with E-state index >= 15 is 0 Å². The fraction of sp³-hybridized carbons (Fsp3) is 0.700. The first-order valence-corrected chi connectivity index (χ1v) is 6.99. The zero-order chi connectivity index (χ0) is 12.6. The van der Waals surface area contributed by atoms with Crippen molar-refractivity contribution in [3.63, 3.8) is 0 Å². The lowest BCUT2D eigenvalue weighted by Crippen LogP contribution is -2.47. The zero-order valence-electron chi connectivity index (χ0n) is 10.2. The van der Waals surface area contributed by atoms with Crippen molar-refractivity contribution in [2.75, 3.05) is 19.8 Å². The van der Waals surface area contributed by atoms with Gasteiger partial charge in [0.05, 0.1) is 24.6 Å². The van der Waals surface area contributed by atoms with Gasteiger partial charge in [0.25, 0.3) is 0 Å². The molecule has 1 aliphatic heterocycles. The van der Waals surface area contributed by atoms with Crippen molar-refractivity contribution < 1.29 is 13.2 Å². The summed E-state index contributed by atoms with van der Waals surface area (Å²) in [7, 11) is -3.47.